The van der Waals surface area contributed by atoms with Gasteiger partial charge in [-0.15, -0.1) is 5.54 Å². The zero-order chi connectivity index (χ0) is 26.1. The molecule has 1 saturated carbocycles. The van der Waals surface area contributed by atoms with E-state index in [1.54, 1.807) is 0 Å². The van der Waals surface area contributed by atoms with Crippen molar-refractivity contribution >= 4 is 30.4 Å². The summed E-state index contributed by atoms with van der Waals surface area (Å²) in [5, 5.41) is 1.01. The minimum Gasteiger partial charge on any atom is -0.369 e. The van der Waals surface area contributed by atoms with Crippen LogP contribution in [0.25, 0.3) is 10.9 Å². The summed E-state index contributed by atoms with van der Waals surface area (Å²) < 4.78 is 0. The second kappa shape index (κ2) is 8.61. The molecule has 3 aliphatic rings. The second-order valence-corrected chi connectivity index (χ2v) is 17.5. The number of hydrogen-bond acceptors (Lipinski definition) is 3. The summed E-state index contributed by atoms with van der Waals surface area (Å²) in [5.74, 6) is 3.53. The average molecular weight is 510 g/mol. The Morgan fingerprint density at radius 3 is 2.43 bits per heavy atom. The molecule has 1 aliphatic heterocycles. The van der Waals surface area contributed by atoms with Crippen molar-refractivity contribution in [3.63, 3.8) is 0 Å². The molecule has 5 heteroatoms. The van der Waals surface area contributed by atoms with Crippen molar-refractivity contribution < 1.29 is 4.79 Å². The number of nitrogens with one attached hydrogen (secondary N) is 1. The average Bonchev–Trinajstić information content (AvgIpc) is 3.65. The fourth-order valence-electron chi connectivity index (χ4n) is 6.19. The van der Waals surface area contributed by atoms with Gasteiger partial charge in [-0.3, -0.25) is 9.69 Å². The van der Waals surface area contributed by atoms with Gasteiger partial charge in [-0.25, -0.2) is 0 Å². The molecular weight excluding hydrogens is 470 g/mol. The number of hydrogen-bond donors (Lipinski definition) is 1. The fourth-order valence-corrected chi connectivity index (χ4v) is 6.71. The highest BCUT2D eigenvalue weighted by molar-refractivity contribution is 6.83. The van der Waals surface area contributed by atoms with Crippen LogP contribution in [-0.4, -0.2) is 56.0 Å². The van der Waals surface area contributed by atoms with Crippen molar-refractivity contribution in [3.8, 4) is 11.5 Å². The molecule has 2 aliphatic carbocycles. The Balaban J connectivity index is 1.41. The molecule has 0 amide bonds. The number of fused-ring (bicyclic) bond motifs is 4. The van der Waals surface area contributed by atoms with Crippen LogP contribution in [0, 0.1) is 11.5 Å². The predicted octanol–water partition coefficient (Wildman–Crippen LogP) is 6.11. The SMILES string of the molecule is CCc1cc2c(cc1N1CCN(C3CC3)CC1)C(C)(C)c1[nH]c3cc(C#C[Si](C)(C)C)ccc3c1C2=O. The van der Waals surface area contributed by atoms with Crippen molar-refractivity contribution in [2.75, 3.05) is 31.1 Å². The number of carbonyl (C=O) groups excluding carboxylic acids is 1. The molecule has 6 rings (SSSR count). The number of rotatable bonds is 3. The number of anilines is 1. The lowest BCUT2D eigenvalue weighted by Gasteiger charge is -2.39. The Morgan fingerprint density at radius 1 is 1.05 bits per heavy atom. The van der Waals surface area contributed by atoms with Gasteiger partial charge in [0.1, 0.15) is 8.07 Å². The Bertz CT molecular complexity index is 1470. The first-order valence-electron chi connectivity index (χ1n) is 14.0. The maximum Gasteiger partial charge on any atom is 0.195 e. The van der Waals surface area contributed by atoms with Gasteiger partial charge in [0.05, 0.1) is 5.56 Å². The third-order valence-electron chi connectivity index (χ3n) is 8.47. The van der Waals surface area contributed by atoms with Crippen LogP contribution in [-0.2, 0) is 11.8 Å². The third-order valence-corrected chi connectivity index (χ3v) is 9.34. The van der Waals surface area contributed by atoms with E-state index in [1.807, 2.05) is 0 Å². The molecule has 0 bridgehead atoms. The van der Waals surface area contributed by atoms with Crippen LogP contribution in [0.3, 0.4) is 0 Å². The van der Waals surface area contributed by atoms with Crippen LogP contribution in [0.2, 0.25) is 19.6 Å². The van der Waals surface area contributed by atoms with E-state index in [4.69, 9.17) is 0 Å². The number of aromatic nitrogens is 1. The first-order valence-corrected chi connectivity index (χ1v) is 17.5. The zero-order valence-electron chi connectivity index (χ0n) is 23.2. The van der Waals surface area contributed by atoms with Crippen molar-refractivity contribution in [2.45, 2.75) is 71.1 Å². The maximum atomic E-state index is 14.0. The normalized spacial score (nSPS) is 19.4. The first kappa shape index (κ1) is 24.5. The van der Waals surface area contributed by atoms with Crippen LogP contribution in [0.1, 0.15) is 71.9 Å². The van der Waals surface area contributed by atoms with E-state index in [9.17, 15) is 4.79 Å². The van der Waals surface area contributed by atoms with Crippen LogP contribution < -0.4 is 4.90 Å². The highest BCUT2D eigenvalue weighted by Crippen LogP contribution is 2.46. The molecule has 37 heavy (non-hydrogen) atoms. The van der Waals surface area contributed by atoms with Crippen LogP contribution >= 0.6 is 0 Å². The van der Waals surface area contributed by atoms with Crippen LogP contribution in [0.5, 0.6) is 0 Å². The lowest BCUT2D eigenvalue weighted by atomic mass is 9.70. The molecular formula is C32H39N3OSi. The van der Waals surface area contributed by atoms with E-state index in [-0.39, 0.29) is 11.2 Å². The molecule has 1 saturated heterocycles. The van der Waals surface area contributed by atoms with Crippen molar-refractivity contribution in [3.05, 3.63) is 63.8 Å². The third kappa shape index (κ3) is 4.25. The van der Waals surface area contributed by atoms with Gasteiger partial charge in [0, 0.05) is 71.0 Å². The van der Waals surface area contributed by atoms with Gasteiger partial charge in [-0.2, -0.15) is 0 Å². The van der Waals surface area contributed by atoms with E-state index in [1.165, 1.54) is 24.1 Å². The molecule has 2 aromatic carbocycles. The Labute approximate surface area is 222 Å². The molecule has 192 valence electrons. The van der Waals surface area contributed by atoms with E-state index in [0.29, 0.717) is 0 Å². The summed E-state index contributed by atoms with van der Waals surface area (Å²) in [4.78, 5) is 22.9. The molecule has 0 radical (unpaired) electrons. The van der Waals surface area contributed by atoms with Gasteiger partial charge < -0.3 is 9.88 Å². The highest BCUT2D eigenvalue weighted by Gasteiger charge is 2.41. The number of nitrogens with zero attached hydrogens (tertiary/aromatic N) is 2. The van der Waals surface area contributed by atoms with Gasteiger partial charge in [0.15, 0.2) is 5.78 Å². The summed E-state index contributed by atoms with van der Waals surface area (Å²) in [5.41, 5.74) is 11.7. The van der Waals surface area contributed by atoms with Gasteiger partial charge in [0.25, 0.3) is 0 Å². The molecule has 0 unspecified atom stereocenters. The van der Waals surface area contributed by atoms with E-state index >= 15 is 0 Å². The summed E-state index contributed by atoms with van der Waals surface area (Å²) >= 11 is 0. The van der Waals surface area contributed by atoms with Crippen LogP contribution in [0.4, 0.5) is 5.69 Å². The number of benzene rings is 2. The van der Waals surface area contributed by atoms with Gasteiger partial charge in [-0.05, 0) is 54.7 Å². The molecule has 2 heterocycles. The number of H-pyrrole nitrogens is 1. The molecule has 3 aromatic rings. The largest absolute Gasteiger partial charge is 0.369 e. The lowest BCUT2D eigenvalue weighted by molar-refractivity contribution is 0.103. The highest BCUT2D eigenvalue weighted by atomic mass is 28.3. The standard InChI is InChI=1S/C32H39N3OSi/c1-7-22-19-25-26(20-28(22)35-15-13-34(14-16-35)23-9-10-23)32(2,3)31-29(30(25)36)24-11-8-21(18-27(24)33-31)12-17-37(4,5)6/h8,11,18-20,23,33H,7,9-10,13-16H2,1-6H3. The number of aromatic amines is 1. The minimum atomic E-state index is -1.46. The lowest BCUT2D eigenvalue weighted by Crippen LogP contribution is -2.47. The molecule has 0 atom stereocenters. The summed E-state index contributed by atoms with van der Waals surface area (Å²) in [7, 11) is -1.46. The number of ketones is 1. The molecule has 1 N–H and O–H groups in total. The zero-order valence-corrected chi connectivity index (χ0v) is 24.2. The molecule has 0 spiro atoms. The molecule has 4 nitrogen and oxygen atoms in total. The smallest absolute Gasteiger partial charge is 0.195 e. The van der Waals surface area contributed by atoms with Gasteiger partial charge in [-0.1, -0.05) is 52.4 Å². The van der Waals surface area contributed by atoms with Gasteiger partial charge in [0.2, 0.25) is 0 Å². The van der Waals surface area contributed by atoms with Crippen molar-refractivity contribution in [1.82, 2.24) is 9.88 Å². The maximum absolute atomic E-state index is 14.0. The monoisotopic (exact) mass is 509 g/mol. The Hall–Kier alpha value is -2.81. The number of piperazine rings is 1. The quantitative estimate of drug-likeness (QED) is 0.342. The summed E-state index contributed by atoms with van der Waals surface area (Å²) in [6, 6.07) is 11.7. The Morgan fingerprint density at radius 2 is 1.78 bits per heavy atom. The summed E-state index contributed by atoms with van der Waals surface area (Å²) in [6.45, 7) is 17.9. The predicted molar refractivity (Wildman–Crippen MR) is 157 cm³/mol. The molecule has 1 aromatic heterocycles. The number of carbonyl (C=O) groups is 1. The van der Waals surface area contributed by atoms with Crippen molar-refractivity contribution in [2.24, 2.45) is 0 Å². The first-order chi connectivity index (χ1) is 17.6. The van der Waals surface area contributed by atoms with Crippen LogP contribution in [0.15, 0.2) is 30.3 Å². The fraction of sp³-hybridized carbons (Fsp3) is 0.469. The Kier molecular flexibility index (Phi) is 5.71. The van der Waals surface area contributed by atoms with E-state index < -0.39 is 8.07 Å². The van der Waals surface area contributed by atoms with Crippen molar-refractivity contribution in [1.29, 1.82) is 0 Å². The van der Waals surface area contributed by atoms with Gasteiger partial charge >= 0.3 is 0 Å². The topological polar surface area (TPSA) is 39.3 Å². The number of aryl methyl sites for hydroxylation is 1. The van der Waals surface area contributed by atoms with E-state index in [2.05, 4.69) is 97.0 Å². The summed E-state index contributed by atoms with van der Waals surface area (Å²) in [6.07, 6.45) is 3.67. The molecule has 2 fully saturated rings. The minimum absolute atomic E-state index is 0.149. The van der Waals surface area contributed by atoms with E-state index in [0.717, 1.165) is 77.5 Å². The second-order valence-electron chi connectivity index (χ2n) is 12.7.